The number of amides is 3. The minimum Gasteiger partial charge on any atom is -0.373 e. The number of carbonyl (C=O) groups excluding carboxylic acids is 2. The van der Waals surface area contributed by atoms with E-state index in [1.807, 2.05) is 6.92 Å². The highest BCUT2D eigenvalue weighted by Crippen LogP contribution is 2.33. The first kappa shape index (κ1) is 18.9. The van der Waals surface area contributed by atoms with Crippen LogP contribution < -0.4 is 21.7 Å². The molecule has 0 saturated carbocycles. The molecule has 4 rings (SSSR count). The van der Waals surface area contributed by atoms with Gasteiger partial charge in [0.25, 0.3) is 0 Å². The normalized spacial score (nSPS) is 45.3. The molecule has 0 aromatic carbocycles. The Morgan fingerprint density at radius 3 is 2.96 bits per heavy atom. The van der Waals surface area contributed by atoms with Gasteiger partial charge in [0, 0.05) is 6.61 Å². The van der Waals surface area contributed by atoms with Crippen molar-refractivity contribution in [1.82, 2.24) is 20.9 Å². The van der Waals surface area contributed by atoms with E-state index in [1.165, 1.54) is 4.90 Å². The molecule has 4 aliphatic heterocycles. The Morgan fingerprint density at radius 1 is 1.37 bits per heavy atom. The summed E-state index contributed by atoms with van der Waals surface area (Å²) in [6, 6.07) is -0.691. The molecule has 4 saturated heterocycles. The van der Waals surface area contributed by atoms with Gasteiger partial charge in [-0.25, -0.2) is 9.18 Å². The van der Waals surface area contributed by atoms with Crippen LogP contribution in [-0.4, -0.2) is 73.0 Å². The van der Waals surface area contributed by atoms with E-state index in [0.29, 0.717) is 6.61 Å². The average molecular weight is 385 g/mol. The van der Waals surface area contributed by atoms with Crippen molar-refractivity contribution >= 4 is 11.9 Å². The second-order valence-electron chi connectivity index (χ2n) is 7.86. The summed E-state index contributed by atoms with van der Waals surface area (Å²) in [5.41, 5.74) is 5.46. The molecule has 0 aromatic rings. The number of carbonyl (C=O) groups is 2. The Balaban J connectivity index is 1.66. The van der Waals surface area contributed by atoms with Gasteiger partial charge in [-0.1, -0.05) is 0 Å². The van der Waals surface area contributed by atoms with Crippen LogP contribution in [0, 0.1) is 5.92 Å². The molecule has 2 bridgehead atoms. The van der Waals surface area contributed by atoms with E-state index in [2.05, 4.69) is 16.0 Å². The van der Waals surface area contributed by atoms with Crippen molar-refractivity contribution in [2.75, 3.05) is 13.2 Å². The van der Waals surface area contributed by atoms with Crippen LogP contribution in [-0.2, 0) is 14.3 Å². The predicted octanol–water partition coefficient (Wildman–Crippen LogP) is -0.631. The first-order chi connectivity index (χ1) is 13.0. The Morgan fingerprint density at radius 2 is 2.19 bits per heavy atom. The van der Waals surface area contributed by atoms with E-state index >= 15 is 4.39 Å². The number of nitrogens with two attached hydrogens (primary N) is 1. The molecule has 5 N–H and O–H groups in total. The fourth-order valence-corrected chi connectivity index (χ4v) is 4.68. The van der Waals surface area contributed by atoms with E-state index in [9.17, 15) is 9.59 Å². The predicted molar refractivity (Wildman–Crippen MR) is 93.0 cm³/mol. The molecular weight excluding hydrogens is 357 g/mol. The summed E-state index contributed by atoms with van der Waals surface area (Å²) in [4.78, 5) is 26.0. The van der Waals surface area contributed by atoms with Crippen molar-refractivity contribution in [3.8, 4) is 0 Å². The van der Waals surface area contributed by atoms with Crippen LogP contribution in [0.2, 0.25) is 0 Å². The second kappa shape index (κ2) is 7.50. The zero-order valence-corrected chi connectivity index (χ0v) is 15.4. The summed E-state index contributed by atoms with van der Waals surface area (Å²) >= 11 is 0. The molecule has 0 radical (unpaired) electrons. The summed E-state index contributed by atoms with van der Waals surface area (Å²) in [6.45, 7) is 3.13. The first-order valence-corrected chi connectivity index (χ1v) is 9.74. The van der Waals surface area contributed by atoms with Gasteiger partial charge in [0.2, 0.25) is 5.91 Å². The maximum absolute atomic E-state index is 15.1. The van der Waals surface area contributed by atoms with Crippen molar-refractivity contribution in [3.05, 3.63) is 0 Å². The second-order valence-corrected chi connectivity index (χ2v) is 7.86. The van der Waals surface area contributed by atoms with Crippen LogP contribution in [0.4, 0.5) is 9.18 Å². The van der Waals surface area contributed by atoms with Gasteiger partial charge in [-0.05, 0) is 39.2 Å². The number of urea groups is 1. The minimum absolute atomic E-state index is 0.00441. The van der Waals surface area contributed by atoms with Crippen molar-refractivity contribution in [3.63, 3.8) is 0 Å². The Bertz CT molecular complexity index is 596. The Hall–Kier alpha value is -1.49. The molecule has 27 heavy (non-hydrogen) atoms. The Kier molecular flexibility index (Phi) is 5.23. The fourth-order valence-electron chi connectivity index (χ4n) is 4.68. The molecule has 4 heterocycles. The highest BCUT2D eigenvalue weighted by Gasteiger charge is 2.54. The number of hydrogen-bond donors (Lipinski definition) is 4. The van der Waals surface area contributed by atoms with Crippen LogP contribution in [0.5, 0.6) is 0 Å². The zero-order valence-electron chi connectivity index (χ0n) is 15.4. The quantitative estimate of drug-likeness (QED) is 0.477. The highest BCUT2D eigenvalue weighted by atomic mass is 19.1. The van der Waals surface area contributed by atoms with Gasteiger partial charge in [-0.15, -0.1) is 0 Å². The number of halogens is 1. The van der Waals surface area contributed by atoms with E-state index in [0.717, 1.165) is 25.8 Å². The lowest BCUT2D eigenvalue weighted by Gasteiger charge is -2.46. The van der Waals surface area contributed by atoms with Crippen molar-refractivity contribution < 1.29 is 23.5 Å². The Labute approximate surface area is 157 Å². The smallest absolute Gasteiger partial charge is 0.320 e. The maximum atomic E-state index is 15.1. The summed E-state index contributed by atoms with van der Waals surface area (Å²) < 4.78 is 27.1. The molecule has 3 amide bonds. The number of hydrogen-bond acceptors (Lipinski definition) is 6. The molecule has 0 spiro atoms. The number of ether oxygens (including phenoxy) is 2. The van der Waals surface area contributed by atoms with E-state index in [-0.39, 0.29) is 36.9 Å². The van der Waals surface area contributed by atoms with Crippen molar-refractivity contribution in [1.29, 1.82) is 0 Å². The van der Waals surface area contributed by atoms with Gasteiger partial charge in [0.1, 0.15) is 24.7 Å². The van der Waals surface area contributed by atoms with Crippen molar-refractivity contribution in [2.45, 2.75) is 75.6 Å². The van der Waals surface area contributed by atoms with Gasteiger partial charge in [-0.2, -0.15) is 0 Å². The first-order valence-electron chi connectivity index (χ1n) is 9.74. The largest absolute Gasteiger partial charge is 0.373 e. The molecule has 4 fully saturated rings. The van der Waals surface area contributed by atoms with Crippen LogP contribution in [0.15, 0.2) is 0 Å². The SMILES string of the molecule is C[C@H]1CCCOC2NC(C(F)CC2C(N)=O)N2C(=O)NC3NCCC(O1)C32. The molecule has 152 valence electrons. The third-order valence-corrected chi connectivity index (χ3v) is 6.00. The molecule has 10 heteroatoms. The van der Waals surface area contributed by atoms with Crippen LogP contribution in [0.3, 0.4) is 0 Å². The lowest BCUT2D eigenvalue weighted by Crippen LogP contribution is -2.68. The number of rotatable bonds is 1. The molecule has 8 atom stereocenters. The van der Waals surface area contributed by atoms with Crippen LogP contribution >= 0.6 is 0 Å². The molecular formula is C17H28FN5O4. The summed E-state index contributed by atoms with van der Waals surface area (Å²) in [7, 11) is 0. The highest BCUT2D eigenvalue weighted by molar-refractivity contribution is 5.79. The summed E-state index contributed by atoms with van der Waals surface area (Å²) in [6.07, 6.45) is -1.32. The van der Waals surface area contributed by atoms with E-state index < -0.39 is 30.4 Å². The lowest BCUT2D eigenvalue weighted by molar-refractivity contribution is -0.143. The molecule has 7 unspecified atom stereocenters. The number of piperidine rings is 2. The minimum atomic E-state index is -1.44. The van der Waals surface area contributed by atoms with Gasteiger partial charge in [0.15, 0.2) is 0 Å². The third-order valence-electron chi connectivity index (χ3n) is 6.00. The van der Waals surface area contributed by atoms with Gasteiger partial charge in [0.05, 0.1) is 24.2 Å². The monoisotopic (exact) mass is 385 g/mol. The standard InChI is InChI=1S/C17H28FN5O4/c1-8-3-2-6-26-16-9(13(19)24)7-10(18)15(22-16)23-12-11(27-8)4-5-20-14(12)21-17(23)25/h8-12,14-16,20,22H,2-7H2,1H3,(H2,19,24)(H,21,25)/t8-,9?,10?,11?,12?,14?,15?,16?/m0/s1. The molecule has 0 aromatic heterocycles. The lowest BCUT2D eigenvalue weighted by atomic mass is 9.91. The number of nitrogens with one attached hydrogen (secondary N) is 3. The topological polar surface area (TPSA) is 118 Å². The van der Waals surface area contributed by atoms with Gasteiger partial charge >= 0.3 is 6.03 Å². The zero-order chi connectivity index (χ0) is 19.1. The number of nitrogens with zero attached hydrogens (tertiary/aromatic N) is 1. The number of fused-ring (bicyclic) bond motifs is 3. The summed E-state index contributed by atoms with van der Waals surface area (Å²) in [5.74, 6) is -1.37. The third kappa shape index (κ3) is 3.51. The maximum Gasteiger partial charge on any atom is 0.320 e. The number of alkyl halides is 1. The molecule has 4 aliphatic rings. The van der Waals surface area contributed by atoms with E-state index in [1.54, 1.807) is 0 Å². The molecule has 9 nitrogen and oxygen atoms in total. The average Bonchev–Trinajstić information content (AvgIpc) is 2.95. The van der Waals surface area contributed by atoms with Crippen molar-refractivity contribution in [2.24, 2.45) is 11.7 Å². The van der Waals surface area contributed by atoms with E-state index in [4.69, 9.17) is 15.2 Å². The fraction of sp³-hybridized carbons (Fsp3) is 0.882. The molecule has 0 aliphatic carbocycles. The number of primary amides is 1. The summed E-state index contributed by atoms with van der Waals surface area (Å²) in [5, 5.41) is 9.20. The van der Waals surface area contributed by atoms with Crippen LogP contribution in [0.25, 0.3) is 0 Å². The van der Waals surface area contributed by atoms with Gasteiger partial charge in [-0.3, -0.25) is 20.3 Å². The van der Waals surface area contributed by atoms with Crippen LogP contribution in [0.1, 0.15) is 32.6 Å². The van der Waals surface area contributed by atoms with Gasteiger partial charge < -0.3 is 20.5 Å².